The van der Waals surface area contributed by atoms with Crippen molar-refractivity contribution in [2.45, 2.75) is 19.4 Å². The second-order valence-electron chi connectivity index (χ2n) is 6.42. The van der Waals surface area contributed by atoms with Crippen LogP contribution in [0, 0.1) is 0 Å². The van der Waals surface area contributed by atoms with Gasteiger partial charge in [0, 0.05) is 57.3 Å². The lowest BCUT2D eigenvalue weighted by molar-refractivity contribution is -0.283. The van der Waals surface area contributed by atoms with E-state index < -0.39 is 6.23 Å². The summed E-state index contributed by atoms with van der Waals surface area (Å²) in [6, 6.07) is 3.83. The van der Waals surface area contributed by atoms with Crippen molar-refractivity contribution in [3.05, 3.63) is 54.1 Å². The third-order valence-electron chi connectivity index (χ3n) is 4.36. The van der Waals surface area contributed by atoms with E-state index in [0.29, 0.717) is 19.0 Å². The lowest BCUT2D eigenvalue weighted by Crippen LogP contribution is -2.14. The van der Waals surface area contributed by atoms with Gasteiger partial charge >= 0.3 is 0 Å². The van der Waals surface area contributed by atoms with Gasteiger partial charge in [-0.2, -0.15) is 0 Å². The number of rotatable bonds is 10. The minimum Gasteiger partial charge on any atom is -0.367 e. The van der Waals surface area contributed by atoms with Gasteiger partial charge in [0.05, 0.1) is 18.5 Å². The number of imidazole rings is 1. The molecule has 0 saturated carbocycles. The quantitative estimate of drug-likeness (QED) is 0.276. The summed E-state index contributed by atoms with van der Waals surface area (Å²) < 4.78 is 5.62. The van der Waals surface area contributed by atoms with E-state index in [9.17, 15) is 5.11 Å². The molecular weight excluding hydrogens is 364 g/mol. The van der Waals surface area contributed by atoms with Crippen LogP contribution >= 0.6 is 0 Å². The fourth-order valence-corrected chi connectivity index (χ4v) is 2.82. The van der Waals surface area contributed by atoms with Gasteiger partial charge in [-0.15, -0.1) is 0 Å². The number of anilines is 2. The van der Waals surface area contributed by atoms with Crippen molar-refractivity contribution >= 4 is 11.4 Å². The summed E-state index contributed by atoms with van der Waals surface area (Å²) in [7, 11) is 7.14. The summed E-state index contributed by atoms with van der Waals surface area (Å²) in [6.07, 6.45) is 6.31. The van der Waals surface area contributed by atoms with Crippen LogP contribution in [0.4, 0.5) is 11.4 Å². The molecule has 3 aromatic heterocycles. The predicted molar refractivity (Wildman–Crippen MR) is 103 cm³/mol. The van der Waals surface area contributed by atoms with Gasteiger partial charge in [0.2, 0.25) is 0 Å². The van der Waals surface area contributed by atoms with E-state index in [1.165, 1.54) is 7.11 Å². The second-order valence-corrected chi connectivity index (χ2v) is 6.42. The van der Waals surface area contributed by atoms with Crippen LogP contribution in [0.1, 0.15) is 23.4 Å². The van der Waals surface area contributed by atoms with E-state index in [2.05, 4.69) is 20.7 Å². The first-order chi connectivity index (χ1) is 13.5. The fourth-order valence-electron chi connectivity index (χ4n) is 2.82. The molecule has 0 radical (unpaired) electrons. The van der Waals surface area contributed by atoms with Crippen LogP contribution in [-0.4, -0.2) is 30.9 Å². The summed E-state index contributed by atoms with van der Waals surface area (Å²) in [4.78, 5) is 19.3. The smallest absolute Gasteiger partial charge is 0.184 e. The summed E-state index contributed by atoms with van der Waals surface area (Å²) in [5.74, 6) is 0.542. The summed E-state index contributed by atoms with van der Waals surface area (Å²) in [6.45, 7) is 0.690. The summed E-state index contributed by atoms with van der Waals surface area (Å²) >= 11 is 0. The van der Waals surface area contributed by atoms with Gasteiger partial charge in [0.25, 0.3) is 0 Å². The Morgan fingerprint density at radius 3 is 2.39 bits per heavy atom. The zero-order valence-corrected chi connectivity index (χ0v) is 16.4. The Labute approximate surface area is 163 Å². The molecular formula is C18H26N6O4. The van der Waals surface area contributed by atoms with Crippen molar-refractivity contribution in [2.75, 3.05) is 17.9 Å². The molecule has 0 bridgehead atoms. The van der Waals surface area contributed by atoms with Gasteiger partial charge in [-0.25, -0.2) is 14.8 Å². The highest BCUT2D eigenvalue weighted by Crippen LogP contribution is 2.20. The highest BCUT2D eigenvalue weighted by atomic mass is 17.2. The normalized spacial score (nSPS) is 12.3. The molecule has 0 aliphatic heterocycles. The first-order valence-electron chi connectivity index (χ1n) is 8.73. The minimum absolute atomic E-state index is 0.343. The molecule has 0 aliphatic carbocycles. The van der Waals surface area contributed by atoms with Gasteiger partial charge in [-0.3, -0.25) is 10.3 Å². The van der Waals surface area contributed by atoms with E-state index in [-0.39, 0.29) is 0 Å². The maximum Gasteiger partial charge on any atom is 0.184 e. The number of hydrogen-bond donors (Lipinski definition) is 3. The first kappa shape index (κ1) is 20.0. The molecule has 3 N–H and O–H groups in total. The number of nitrogens with one attached hydrogen (secondary N) is 2. The van der Waals surface area contributed by atoms with Crippen LogP contribution in [0.5, 0.6) is 0 Å². The third-order valence-corrected chi connectivity index (χ3v) is 4.36. The van der Waals surface area contributed by atoms with Crippen LogP contribution < -0.4 is 10.8 Å². The van der Waals surface area contributed by atoms with Crippen molar-refractivity contribution < 1.29 is 19.7 Å². The molecule has 0 aromatic carbocycles. The molecule has 3 rings (SSSR count). The molecule has 10 nitrogen and oxygen atoms in total. The van der Waals surface area contributed by atoms with Crippen LogP contribution in [-0.2, 0) is 49.0 Å². The molecule has 152 valence electrons. The van der Waals surface area contributed by atoms with E-state index in [4.69, 9.17) is 9.73 Å². The number of aryl methyl sites for hydroxylation is 3. The van der Waals surface area contributed by atoms with Gasteiger partial charge in [-0.05, 0) is 12.1 Å². The van der Waals surface area contributed by atoms with Crippen LogP contribution in [0.25, 0.3) is 0 Å². The monoisotopic (exact) mass is 390 g/mol. The average molecular weight is 390 g/mol. The van der Waals surface area contributed by atoms with Crippen LogP contribution in [0.3, 0.4) is 0 Å². The molecule has 0 aliphatic rings. The lowest BCUT2D eigenvalue weighted by Gasteiger charge is -2.12. The molecule has 1 atom stereocenters. The maximum atomic E-state index is 10.3. The highest BCUT2D eigenvalue weighted by molar-refractivity contribution is 5.45. The predicted octanol–water partition coefficient (Wildman–Crippen LogP) is 1.82. The molecule has 3 aromatic rings. The molecule has 3 heterocycles. The Balaban J connectivity index is 1.53. The van der Waals surface area contributed by atoms with E-state index in [1.807, 2.05) is 54.8 Å². The number of nitrogens with zero attached hydrogens (tertiary/aromatic N) is 4. The topological polar surface area (TPSA) is 99.7 Å². The number of aliphatic hydroxyl groups is 1. The number of aliphatic hydroxyl groups excluding tert-OH is 1. The SMILES string of the molecule is COOCc1cc(NOCc2cc(NC(O)c3nccn3C)cn2C)cn1C. The van der Waals surface area contributed by atoms with Crippen LogP contribution in [0.15, 0.2) is 36.9 Å². The second kappa shape index (κ2) is 8.93. The average Bonchev–Trinajstić information content (AvgIpc) is 3.33. The fraction of sp³-hybridized carbons (Fsp3) is 0.389. The molecule has 10 heteroatoms. The molecule has 28 heavy (non-hydrogen) atoms. The Morgan fingerprint density at radius 2 is 1.71 bits per heavy atom. The van der Waals surface area contributed by atoms with Crippen molar-refractivity contribution in [3.63, 3.8) is 0 Å². The molecule has 0 fully saturated rings. The Kier molecular flexibility index (Phi) is 6.37. The minimum atomic E-state index is -0.897. The van der Waals surface area contributed by atoms with Crippen LogP contribution in [0.2, 0.25) is 0 Å². The van der Waals surface area contributed by atoms with Gasteiger partial charge < -0.3 is 24.1 Å². The van der Waals surface area contributed by atoms with E-state index in [0.717, 1.165) is 22.8 Å². The molecule has 1 unspecified atom stereocenters. The maximum absolute atomic E-state index is 10.3. The number of aromatic nitrogens is 4. The van der Waals surface area contributed by atoms with E-state index >= 15 is 0 Å². The van der Waals surface area contributed by atoms with Gasteiger partial charge in [0.15, 0.2) is 12.1 Å². The summed E-state index contributed by atoms with van der Waals surface area (Å²) in [5.41, 5.74) is 6.39. The zero-order valence-electron chi connectivity index (χ0n) is 16.4. The summed E-state index contributed by atoms with van der Waals surface area (Å²) in [5, 5.41) is 13.3. The largest absolute Gasteiger partial charge is 0.367 e. The third kappa shape index (κ3) is 4.73. The zero-order chi connectivity index (χ0) is 20.1. The lowest BCUT2D eigenvalue weighted by atomic mass is 10.4. The van der Waals surface area contributed by atoms with Crippen molar-refractivity contribution in [1.29, 1.82) is 0 Å². The standard InChI is InChI=1S/C18H26N6O4/c1-22-6-5-19-17(22)18(25)20-13-7-15(23(2)9-13)11-27-21-14-8-16(12-28-26-4)24(3)10-14/h5-10,18,20-21,25H,11-12H2,1-4H3. The Morgan fingerprint density at radius 1 is 1.04 bits per heavy atom. The molecule has 0 amide bonds. The van der Waals surface area contributed by atoms with E-state index in [1.54, 1.807) is 17.0 Å². The van der Waals surface area contributed by atoms with Gasteiger partial charge in [0.1, 0.15) is 13.2 Å². The highest BCUT2D eigenvalue weighted by Gasteiger charge is 2.13. The van der Waals surface area contributed by atoms with Crippen molar-refractivity contribution in [1.82, 2.24) is 18.7 Å². The first-order valence-corrected chi connectivity index (χ1v) is 8.73. The molecule has 0 saturated heterocycles. The Hall–Kier alpha value is -2.79. The number of hydrogen-bond acceptors (Lipinski definition) is 7. The Bertz CT molecular complexity index is 900. The van der Waals surface area contributed by atoms with Crippen molar-refractivity contribution in [3.8, 4) is 0 Å². The molecule has 0 spiro atoms. The van der Waals surface area contributed by atoms with Crippen molar-refractivity contribution in [2.24, 2.45) is 21.1 Å². The van der Waals surface area contributed by atoms with Gasteiger partial charge in [-0.1, -0.05) is 0 Å².